The zero-order chi connectivity index (χ0) is 16.3. The molecule has 0 aromatic heterocycles. The summed E-state index contributed by atoms with van der Waals surface area (Å²) in [6.45, 7) is 9.38. The van der Waals surface area contributed by atoms with Gasteiger partial charge in [0, 0.05) is 5.56 Å². The van der Waals surface area contributed by atoms with Crippen molar-refractivity contribution in [3.8, 4) is 0 Å². The van der Waals surface area contributed by atoms with Crippen LogP contribution in [0.1, 0.15) is 46.6 Å². The van der Waals surface area contributed by atoms with Gasteiger partial charge in [-0.05, 0) is 31.7 Å². The quantitative estimate of drug-likeness (QED) is 0.877. The molecule has 2 N–H and O–H groups in total. The van der Waals surface area contributed by atoms with E-state index in [1.807, 2.05) is 20.8 Å². The summed E-state index contributed by atoms with van der Waals surface area (Å²) < 4.78 is 13.9. The highest BCUT2D eigenvalue weighted by Crippen LogP contribution is 2.27. The summed E-state index contributed by atoms with van der Waals surface area (Å²) >= 11 is 0. The van der Waals surface area contributed by atoms with Crippen LogP contribution in [-0.2, 0) is 10.2 Å². The number of rotatable bonds is 5. The van der Waals surface area contributed by atoms with Crippen molar-refractivity contribution in [2.24, 2.45) is 5.41 Å². The normalized spacial score (nSPS) is 13.9. The highest BCUT2D eigenvalue weighted by molar-refractivity contribution is 5.87. The molecule has 4 heteroatoms. The number of carbonyl (C=O) groups is 1. The largest absolute Gasteiger partial charge is 0.394 e. The topological polar surface area (TPSA) is 49.3 Å². The molecule has 0 heterocycles. The number of aliphatic hydroxyl groups excluding tert-OH is 1. The monoisotopic (exact) mass is 295 g/mol. The zero-order valence-electron chi connectivity index (χ0n) is 13.5. The molecular formula is C17H26FNO2. The third-order valence-electron chi connectivity index (χ3n) is 3.53. The molecule has 3 nitrogen and oxygen atoms in total. The first-order valence-corrected chi connectivity index (χ1v) is 7.25. The van der Waals surface area contributed by atoms with Crippen LogP contribution >= 0.6 is 0 Å². The summed E-state index contributed by atoms with van der Waals surface area (Å²) in [6, 6.07) is 5.95. The maximum atomic E-state index is 13.9. The molecule has 1 atom stereocenters. The van der Waals surface area contributed by atoms with E-state index in [1.54, 1.807) is 32.0 Å². The number of halogens is 1. The van der Waals surface area contributed by atoms with Crippen molar-refractivity contribution in [1.82, 2.24) is 5.32 Å². The minimum Gasteiger partial charge on any atom is -0.394 e. The lowest BCUT2D eigenvalue weighted by Crippen LogP contribution is -2.48. The summed E-state index contributed by atoms with van der Waals surface area (Å²) in [5.74, 6) is -0.676. The first-order valence-electron chi connectivity index (χ1n) is 7.25. The second-order valence-corrected chi connectivity index (χ2v) is 7.22. The van der Waals surface area contributed by atoms with Crippen LogP contribution in [-0.4, -0.2) is 23.7 Å². The van der Waals surface area contributed by atoms with E-state index >= 15 is 0 Å². The Labute approximate surface area is 126 Å². The van der Waals surface area contributed by atoms with E-state index in [2.05, 4.69) is 5.32 Å². The lowest BCUT2D eigenvalue weighted by Gasteiger charge is -2.30. The standard InChI is InChI=1S/C17H26FNO2/c1-16(2,3)10-12(11-20)19-15(21)17(4,5)13-8-6-7-9-14(13)18/h6-9,12,20H,10-11H2,1-5H3,(H,19,21). The molecule has 21 heavy (non-hydrogen) atoms. The first kappa shape index (κ1) is 17.6. The van der Waals surface area contributed by atoms with E-state index in [4.69, 9.17) is 0 Å². The lowest BCUT2D eigenvalue weighted by atomic mass is 9.82. The Morgan fingerprint density at radius 3 is 2.29 bits per heavy atom. The average molecular weight is 295 g/mol. The Bertz CT molecular complexity index is 492. The fourth-order valence-corrected chi connectivity index (χ4v) is 2.36. The van der Waals surface area contributed by atoms with Gasteiger partial charge < -0.3 is 10.4 Å². The molecule has 0 saturated carbocycles. The molecule has 1 aromatic rings. The SMILES string of the molecule is CC(C)(C)CC(CO)NC(=O)C(C)(C)c1ccccc1F. The van der Waals surface area contributed by atoms with Crippen LogP contribution in [0.3, 0.4) is 0 Å². The van der Waals surface area contributed by atoms with Gasteiger partial charge in [0.2, 0.25) is 5.91 Å². The van der Waals surface area contributed by atoms with Gasteiger partial charge in [0.15, 0.2) is 0 Å². The average Bonchev–Trinajstić information content (AvgIpc) is 2.36. The van der Waals surface area contributed by atoms with Gasteiger partial charge in [0.25, 0.3) is 0 Å². The predicted octanol–water partition coefficient (Wildman–Crippen LogP) is 3.02. The molecular weight excluding hydrogens is 269 g/mol. The van der Waals surface area contributed by atoms with E-state index in [9.17, 15) is 14.3 Å². The summed E-state index contributed by atoms with van der Waals surface area (Å²) in [6.07, 6.45) is 0.655. The Morgan fingerprint density at radius 2 is 1.81 bits per heavy atom. The molecule has 0 aliphatic heterocycles. The summed E-state index contributed by atoms with van der Waals surface area (Å²) in [5.41, 5.74) is -0.644. The van der Waals surface area contributed by atoms with Crippen molar-refractivity contribution in [2.75, 3.05) is 6.61 Å². The van der Waals surface area contributed by atoms with Crippen LogP contribution in [0.25, 0.3) is 0 Å². The molecule has 0 radical (unpaired) electrons. The van der Waals surface area contributed by atoms with Gasteiger partial charge in [-0.2, -0.15) is 0 Å². The second-order valence-electron chi connectivity index (χ2n) is 7.22. The number of aliphatic hydroxyl groups is 1. The van der Waals surface area contributed by atoms with E-state index in [1.165, 1.54) is 6.07 Å². The van der Waals surface area contributed by atoms with E-state index in [-0.39, 0.29) is 24.0 Å². The van der Waals surface area contributed by atoms with Crippen molar-refractivity contribution in [3.63, 3.8) is 0 Å². The zero-order valence-corrected chi connectivity index (χ0v) is 13.5. The van der Waals surface area contributed by atoms with E-state index in [0.717, 1.165) is 0 Å². The Balaban J connectivity index is 2.89. The highest BCUT2D eigenvalue weighted by Gasteiger charge is 2.34. The third-order valence-corrected chi connectivity index (χ3v) is 3.53. The van der Waals surface area contributed by atoms with Crippen LogP contribution in [0.2, 0.25) is 0 Å². The van der Waals surface area contributed by atoms with Gasteiger partial charge in [-0.15, -0.1) is 0 Å². The Morgan fingerprint density at radius 1 is 1.24 bits per heavy atom. The fraction of sp³-hybridized carbons (Fsp3) is 0.588. The second kappa shape index (κ2) is 6.56. The first-order chi connectivity index (χ1) is 9.58. The van der Waals surface area contributed by atoms with Gasteiger partial charge in [-0.1, -0.05) is 39.0 Å². The molecule has 1 rings (SSSR count). The summed E-state index contributed by atoms with van der Waals surface area (Å²) in [5, 5.41) is 12.3. The molecule has 0 aliphatic carbocycles. The predicted molar refractivity (Wildman–Crippen MR) is 82.5 cm³/mol. The number of carbonyl (C=O) groups excluding carboxylic acids is 1. The lowest BCUT2D eigenvalue weighted by molar-refractivity contribution is -0.127. The van der Waals surface area contributed by atoms with Gasteiger partial charge in [-0.3, -0.25) is 4.79 Å². The molecule has 0 bridgehead atoms. The van der Waals surface area contributed by atoms with Crippen LogP contribution in [0, 0.1) is 11.2 Å². The Hall–Kier alpha value is -1.42. The van der Waals surface area contributed by atoms with Gasteiger partial charge in [0.1, 0.15) is 5.82 Å². The minimum absolute atomic E-state index is 0.0111. The Kier molecular flexibility index (Phi) is 5.51. The third kappa shape index (κ3) is 4.81. The molecule has 0 spiro atoms. The number of hydrogen-bond acceptors (Lipinski definition) is 2. The van der Waals surface area contributed by atoms with Gasteiger partial charge >= 0.3 is 0 Å². The molecule has 118 valence electrons. The molecule has 1 unspecified atom stereocenters. The van der Waals surface area contributed by atoms with Gasteiger partial charge in [0.05, 0.1) is 18.1 Å². The maximum absolute atomic E-state index is 13.9. The van der Waals surface area contributed by atoms with Crippen molar-refractivity contribution in [1.29, 1.82) is 0 Å². The number of amides is 1. The fourth-order valence-electron chi connectivity index (χ4n) is 2.36. The van der Waals surface area contributed by atoms with Crippen LogP contribution in [0.15, 0.2) is 24.3 Å². The highest BCUT2D eigenvalue weighted by atomic mass is 19.1. The van der Waals surface area contributed by atoms with E-state index < -0.39 is 11.2 Å². The van der Waals surface area contributed by atoms with Crippen LogP contribution < -0.4 is 5.32 Å². The number of hydrogen-bond donors (Lipinski definition) is 2. The number of nitrogens with one attached hydrogen (secondary N) is 1. The van der Waals surface area contributed by atoms with Gasteiger partial charge in [-0.25, -0.2) is 4.39 Å². The van der Waals surface area contributed by atoms with Crippen molar-refractivity contribution >= 4 is 5.91 Å². The molecule has 0 aliphatic rings. The summed E-state index contributed by atoms with van der Waals surface area (Å²) in [7, 11) is 0. The van der Waals surface area contributed by atoms with Crippen LogP contribution in [0.4, 0.5) is 4.39 Å². The van der Waals surface area contributed by atoms with Crippen LogP contribution in [0.5, 0.6) is 0 Å². The van der Waals surface area contributed by atoms with Crippen molar-refractivity contribution in [3.05, 3.63) is 35.6 Å². The van der Waals surface area contributed by atoms with Crippen molar-refractivity contribution < 1.29 is 14.3 Å². The summed E-state index contributed by atoms with van der Waals surface area (Å²) in [4.78, 5) is 12.5. The maximum Gasteiger partial charge on any atom is 0.230 e. The molecule has 1 amide bonds. The smallest absolute Gasteiger partial charge is 0.230 e. The minimum atomic E-state index is -0.989. The van der Waals surface area contributed by atoms with E-state index in [0.29, 0.717) is 12.0 Å². The number of benzene rings is 1. The molecule has 1 aromatic carbocycles. The molecule has 0 saturated heterocycles. The molecule has 0 fully saturated rings. The van der Waals surface area contributed by atoms with Crippen molar-refractivity contribution in [2.45, 2.75) is 52.5 Å².